The lowest BCUT2D eigenvalue weighted by atomic mass is 10.1. The number of aryl methyl sites for hydroxylation is 1. The number of carbonyl (C=O) groups excluding carboxylic acids is 8. The number of nitrogens with zero attached hydrogens (tertiary/aromatic N) is 1. The van der Waals surface area contributed by atoms with E-state index < -0.39 is 87.0 Å². The van der Waals surface area contributed by atoms with Crippen LogP contribution in [0.3, 0.4) is 0 Å². The van der Waals surface area contributed by atoms with E-state index in [1.807, 2.05) is 0 Å². The maximum atomic E-state index is 13.0. The molecule has 21 nitrogen and oxygen atoms in total. The van der Waals surface area contributed by atoms with Crippen LogP contribution in [-0.4, -0.2) is 99.1 Å². The number of esters is 8. The minimum atomic E-state index is -1.89. The Kier molecular flexibility index (Phi) is 16.8. The molecule has 0 amide bonds. The van der Waals surface area contributed by atoms with E-state index in [4.69, 9.17) is 28.4 Å². The Bertz CT molecular complexity index is 1920. The molecule has 3 aromatic rings. The van der Waals surface area contributed by atoms with Crippen LogP contribution in [0.2, 0.25) is 0 Å². The van der Waals surface area contributed by atoms with Gasteiger partial charge in [0.05, 0.1) is 29.7 Å². The van der Waals surface area contributed by atoms with Gasteiger partial charge in [-0.1, -0.05) is 12.1 Å². The van der Waals surface area contributed by atoms with E-state index in [1.54, 1.807) is 37.3 Å². The van der Waals surface area contributed by atoms with Crippen molar-refractivity contribution in [2.45, 2.75) is 53.3 Å². The van der Waals surface area contributed by atoms with Gasteiger partial charge in [-0.2, -0.15) is 0 Å². The molecule has 0 saturated carbocycles. The molecule has 0 unspecified atom stereocenters. The number of rotatable bonds is 20. The first-order valence-electron chi connectivity index (χ1n) is 16.5. The average Bonchev–Trinajstić information content (AvgIpc) is 3.14. The van der Waals surface area contributed by atoms with E-state index in [9.17, 15) is 38.4 Å². The third-order valence-electron chi connectivity index (χ3n) is 6.97. The molecule has 0 aliphatic heterocycles. The van der Waals surface area contributed by atoms with Crippen LogP contribution in [0.5, 0.6) is 11.5 Å². The minimum Gasteiger partial charge on any atom is -0.497 e. The average molecular weight is 802 g/mol. The molecule has 57 heavy (non-hydrogen) atoms. The molecule has 0 atom stereocenters. The van der Waals surface area contributed by atoms with Crippen molar-refractivity contribution in [2.75, 3.05) is 44.9 Å². The summed E-state index contributed by atoms with van der Waals surface area (Å²) in [6, 6.07) is 7.29. The highest BCUT2D eigenvalue weighted by Crippen LogP contribution is 2.31. The van der Waals surface area contributed by atoms with Crippen LogP contribution in [0.25, 0.3) is 10.9 Å². The van der Waals surface area contributed by atoms with Crippen molar-refractivity contribution in [3.8, 4) is 11.5 Å². The van der Waals surface area contributed by atoms with Crippen molar-refractivity contribution in [3.05, 3.63) is 53.7 Å². The number of fused-ring (bicyclic) bond motifs is 1. The molecule has 0 bridgehead atoms. The highest BCUT2D eigenvalue weighted by molar-refractivity contribution is 6.04. The summed E-state index contributed by atoms with van der Waals surface area (Å²) in [4.78, 5) is 101. The number of ether oxygens (including phenoxy) is 10. The fraction of sp³-hybridized carbons (Fsp3) is 0.361. The second-order valence-corrected chi connectivity index (χ2v) is 11.4. The van der Waals surface area contributed by atoms with E-state index in [-0.39, 0.29) is 29.2 Å². The Morgan fingerprint density at radius 2 is 1.04 bits per heavy atom. The molecule has 1 heterocycles. The lowest BCUT2D eigenvalue weighted by Gasteiger charge is -2.20. The number of benzene rings is 2. The van der Waals surface area contributed by atoms with E-state index in [1.165, 1.54) is 19.2 Å². The molecule has 0 saturated heterocycles. The fourth-order valence-electron chi connectivity index (χ4n) is 4.33. The number of aromatic nitrogens is 1. The van der Waals surface area contributed by atoms with Crippen LogP contribution in [-0.2, 0) is 82.9 Å². The van der Waals surface area contributed by atoms with Crippen molar-refractivity contribution in [2.24, 2.45) is 0 Å². The first-order valence-corrected chi connectivity index (χ1v) is 16.5. The fourth-order valence-corrected chi connectivity index (χ4v) is 4.33. The topological polar surface area (TPSA) is 266 Å². The van der Waals surface area contributed by atoms with E-state index in [2.05, 4.69) is 34.6 Å². The Hall–Kier alpha value is -7.19. The van der Waals surface area contributed by atoms with Gasteiger partial charge in [0.1, 0.15) is 18.1 Å². The molecule has 21 heteroatoms. The predicted molar refractivity (Wildman–Crippen MR) is 190 cm³/mol. The summed E-state index contributed by atoms with van der Waals surface area (Å²) in [5, 5.41) is 5.86. The van der Waals surface area contributed by atoms with Gasteiger partial charge in [0.2, 0.25) is 39.3 Å². The second kappa shape index (κ2) is 21.6. The Labute approximate surface area is 324 Å². The largest absolute Gasteiger partial charge is 0.497 e. The Morgan fingerprint density at radius 1 is 0.579 bits per heavy atom. The summed E-state index contributed by atoms with van der Waals surface area (Å²) in [6.07, 6.45) is 0. The highest BCUT2D eigenvalue weighted by atomic mass is 16.7. The minimum absolute atomic E-state index is 0.0744. The van der Waals surface area contributed by atoms with Gasteiger partial charge < -0.3 is 58.0 Å². The molecule has 1 aromatic heterocycles. The number of carbonyl (C=O) groups is 8. The number of hydrogen-bond donors (Lipinski definition) is 2. The van der Waals surface area contributed by atoms with Crippen LogP contribution >= 0.6 is 0 Å². The molecule has 2 aromatic carbocycles. The van der Waals surface area contributed by atoms with Gasteiger partial charge in [0.15, 0.2) is 0 Å². The summed E-state index contributed by atoms with van der Waals surface area (Å²) >= 11 is 0. The SMILES string of the molecule is COc1cc(NC(C(=O)OCOC(C)=O)C(=O)OCOC(C)=O)c2nc(COc3cc(C)ccc3NC(C(=O)OCOC(C)=O)C(=O)OCOC(C)=O)ccc2c1. The zero-order valence-corrected chi connectivity index (χ0v) is 31.5. The van der Waals surface area contributed by atoms with Crippen LogP contribution in [0.15, 0.2) is 42.5 Å². The number of pyridine rings is 1. The molecular weight excluding hydrogens is 762 g/mol. The first kappa shape index (κ1) is 44.2. The predicted octanol–water partition coefficient (Wildman–Crippen LogP) is 1.95. The van der Waals surface area contributed by atoms with Gasteiger partial charge in [-0.3, -0.25) is 19.2 Å². The van der Waals surface area contributed by atoms with Crippen molar-refractivity contribution >= 4 is 70.0 Å². The quantitative estimate of drug-likeness (QED) is 0.0715. The summed E-state index contributed by atoms with van der Waals surface area (Å²) in [7, 11) is 1.38. The van der Waals surface area contributed by atoms with Crippen molar-refractivity contribution in [3.63, 3.8) is 0 Å². The summed E-state index contributed by atoms with van der Waals surface area (Å²) in [5.41, 5.74) is 1.39. The molecular formula is C36H39N3O18. The second-order valence-electron chi connectivity index (χ2n) is 11.4. The molecule has 0 fully saturated rings. The number of methoxy groups -OCH3 is 1. The molecule has 3 rings (SSSR count). The Morgan fingerprint density at radius 3 is 1.47 bits per heavy atom. The van der Waals surface area contributed by atoms with Crippen LogP contribution in [0.1, 0.15) is 39.0 Å². The maximum Gasteiger partial charge on any atom is 0.343 e. The van der Waals surface area contributed by atoms with Crippen molar-refractivity contribution in [1.82, 2.24) is 4.98 Å². The van der Waals surface area contributed by atoms with Crippen molar-refractivity contribution in [1.29, 1.82) is 0 Å². The maximum absolute atomic E-state index is 13.0. The molecule has 0 aliphatic rings. The molecule has 306 valence electrons. The third-order valence-corrected chi connectivity index (χ3v) is 6.97. The summed E-state index contributed by atoms with van der Waals surface area (Å²) < 4.78 is 49.6. The Balaban J connectivity index is 1.93. The van der Waals surface area contributed by atoms with Gasteiger partial charge in [-0.15, -0.1) is 0 Å². The summed E-state index contributed by atoms with van der Waals surface area (Å²) in [5.74, 6) is -7.44. The monoisotopic (exact) mass is 801 g/mol. The van der Waals surface area contributed by atoms with Gasteiger partial charge in [0, 0.05) is 39.1 Å². The zero-order chi connectivity index (χ0) is 42.1. The standard InChI is InChI=1S/C36H39N3O18/c1-19-7-10-27(38-31(33(44)54-15-50-20(2)40)34(45)55-16-51-21(3)41)29(11-19)49-14-25-9-8-24-12-26(48-6)13-28(30(24)37-25)39-32(35(46)56-17-52-22(4)42)36(47)57-18-53-23(5)43/h7-13,31-32,38-39H,14-18H2,1-6H3. The normalized spacial score (nSPS) is 10.5. The van der Waals surface area contributed by atoms with Gasteiger partial charge in [0.25, 0.3) is 0 Å². The van der Waals surface area contributed by atoms with E-state index >= 15 is 0 Å². The summed E-state index contributed by atoms with van der Waals surface area (Å²) in [6.45, 7) is 2.62. The zero-order valence-electron chi connectivity index (χ0n) is 31.5. The lowest BCUT2D eigenvalue weighted by molar-refractivity contribution is -0.177. The smallest absolute Gasteiger partial charge is 0.343 e. The highest BCUT2D eigenvalue weighted by Gasteiger charge is 2.33. The molecule has 0 spiro atoms. The lowest BCUT2D eigenvalue weighted by Crippen LogP contribution is -2.41. The molecule has 0 radical (unpaired) electrons. The number of anilines is 2. The van der Waals surface area contributed by atoms with Crippen LogP contribution < -0.4 is 20.1 Å². The van der Waals surface area contributed by atoms with Gasteiger partial charge >= 0.3 is 47.8 Å². The van der Waals surface area contributed by atoms with E-state index in [0.717, 1.165) is 27.7 Å². The van der Waals surface area contributed by atoms with E-state index in [0.29, 0.717) is 22.4 Å². The van der Waals surface area contributed by atoms with Crippen LogP contribution in [0, 0.1) is 6.92 Å². The first-order chi connectivity index (χ1) is 27.1. The van der Waals surface area contributed by atoms with Gasteiger partial charge in [-0.05, 0) is 36.8 Å². The number of hydrogen-bond acceptors (Lipinski definition) is 21. The third kappa shape index (κ3) is 14.5. The number of nitrogens with one attached hydrogen (secondary N) is 2. The van der Waals surface area contributed by atoms with Gasteiger partial charge in [-0.25, -0.2) is 24.2 Å². The molecule has 0 aliphatic carbocycles. The van der Waals surface area contributed by atoms with Crippen molar-refractivity contribution < 1.29 is 85.7 Å². The van der Waals surface area contributed by atoms with Crippen LogP contribution in [0.4, 0.5) is 11.4 Å². The molecule has 2 N–H and O–H groups in total.